The molecule has 1 aromatic heterocycles. The molecule has 0 spiro atoms. The predicted molar refractivity (Wildman–Crippen MR) is 88.4 cm³/mol. The van der Waals surface area contributed by atoms with E-state index in [9.17, 15) is 19.3 Å². The maximum Gasteiger partial charge on any atom is 0.348 e. The second-order valence-corrected chi connectivity index (χ2v) is 5.28. The van der Waals surface area contributed by atoms with Crippen molar-refractivity contribution in [2.75, 3.05) is 12.4 Å². The van der Waals surface area contributed by atoms with E-state index >= 15 is 0 Å². The number of methoxy groups -OCH3 is 1. The van der Waals surface area contributed by atoms with E-state index in [0.717, 1.165) is 29.5 Å². The van der Waals surface area contributed by atoms with Gasteiger partial charge in [0.2, 0.25) is 0 Å². The predicted octanol–water partition coefficient (Wildman–Crippen LogP) is 5.01. The highest BCUT2D eigenvalue weighted by Gasteiger charge is 2.23. The minimum atomic E-state index is -0.693. The van der Waals surface area contributed by atoms with Gasteiger partial charge in [-0.1, -0.05) is 25.4 Å². The molecule has 0 aliphatic rings. The summed E-state index contributed by atoms with van der Waals surface area (Å²) in [6.45, 7) is 4.00. The number of carbonyl (C=O) groups excluding carboxylic acids is 1. The van der Waals surface area contributed by atoms with Crippen LogP contribution in [0, 0.1) is 15.9 Å². The fourth-order valence-corrected chi connectivity index (χ4v) is 2.64. The topological polar surface area (TPSA) is 81.5 Å². The van der Waals surface area contributed by atoms with E-state index in [1.807, 2.05) is 13.8 Å². The van der Waals surface area contributed by atoms with Crippen LogP contribution >= 0.6 is 22.9 Å². The van der Waals surface area contributed by atoms with Crippen LogP contribution in [-0.4, -0.2) is 18.0 Å². The van der Waals surface area contributed by atoms with E-state index in [4.69, 9.17) is 11.6 Å². The summed E-state index contributed by atoms with van der Waals surface area (Å²) < 4.78 is 17.7. The van der Waals surface area contributed by atoms with E-state index in [1.165, 1.54) is 13.2 Å². The second-order valence-electron chi connectivity index (χ2n) is 3.82. The molecule has 1 N–H and O–H groups in total. The van der Waals surface area contributed by atoms with Crippen LogP contribution in [0.4, 0.5) is 20.8 Å². The molecule has 6 nitrogen and oxygen atoms in total. The van der Waals surface area contributed by atoms with Crippen molar-refractivity contribution in [2.24, 2.45) is 0 Å². The number of benzene rings is 1. The van der Waals surface area contributed by atoms with Crippen LogP contribution in [-0.2, 0) is 4.74 Å². The van der Waals surface area contributed by atoms with Crippen LogP contribution in [0.15, 0.2) is 24.3 Å². The number of nitrogens with zero attached hydrogens (tertiary/aromatic N) is 1. The van der Waals surface area contributed by atoms with Gasteiger partial charge in [-0.05, 0) is 18.2 Å². The SMILES string of the molecule is CC.COC(=O)c1cc([N+](=O)[O-])c(Nc2cc(F)ccc2Cl)s1. The molecule has 1 heterocycles. The standard InChI is InChI=1S/C12H8ClFN2O4S.C2H6/c1-20-12(17)10-5-9(16(18)19)11(21-10)15-8-4-6(14)2-3-7(8)13;1-2/h2-5,15H,1H3;1-2H3. The first kappa shape index (κ1) is 18.9. The third-order valence-corrected chi connectivity index (χ3v) is 3.82. The third-order valence-electron chi connectivity index (χ3n) is 2.47. The fourth-order valence-electron chi connectivity index (χ4n) is 1.52. The van der Waals surface area contributed by atoms with Crippen molar-refractivity contribution >= 4 is 45.3 Å². The van der Waals surface area contributed by atoms with Gasteiger partial charge in [0.1, 0.15) is 10.7 Å². The van der Waals surface area contributed by atoms with Crippen molar-refractivity contribution in [3.05, 3.63) is 50.1 Å². The highest BCUT2D eigenvalue weighted by atomic mass is 35.5. The van der Waals surface area contributed by atoms with Crippen molar-refractivity contribution in [3.8, 4) is 0 Å². The van der Waals surface area contributed by atoms with Gasteiger partial charge in [0.15, 0.2) is 5.00 Å². The lowest BCUT2D eigenvalue weighted by Crippen LogP contribution is -1.97. The zero-order chi connectivity index (χ0) is 17.6. The molecule has 2 aromatic rings. The van der Waals surface area contributed by atoms with E-state index in [0.29, 0.717) is 0 Å². The molecule has 0 aliphatic carbocycles. The number of ether oxygens (including phenoxy) is 1. The minimum Gasteiger partial charge on any atom is -0.465 e. The molecular weight excluding hydrogens is 347 g/mol. The monoisotopic (exact) mass is 360 g/mol. The van der Waals surface area contributed by atoms with Gasteiger partial charge in [0, 0.05) is 6.07 Å². The van der Waals surface area contributed by atoms with Crippen molar-refractivity contribution in [1.29, 1.82) is 0 Å². The Bertz CT molecular complexity index is 721. The molecule has 124 valence electrons. The molecular formula is C14H14ClFN2O4S. The number of nitrogens with one attached hydrogen (secondary N) is 1. The van der Waals surface area contributed by atoms with Crippen LogP contribution in [0.1, 0.15) is 23.5 Å². The van der Waals surface area contributed by atoms with E-state index in [1.54, 1.807) is 0 Å². The number of thiophene rings is 1. The molecule has 0 atom stereocenters. The lowest BCUT2D eigenvalue weighted by molar-refractivity contribution is -0.383. The zero-order valence-corrected chi connectivity index (χ0v) is 14.1. The molecule has 0 unspecified atom stereocenters. The largest absolute Gasteiger partial charge is 0.465 e. The summed E-state index contributed by atoms with van der Waals surface area (Å²) in [5.41, 5.74) is -0.154. The lowest BCUT2D eigenvalue weighted by atomic mass is 10.3. The average molecular weight is 361 g/mol. The van der Waals surface area contributed by atoms with E-state index in [2.05, 4.69) is 10.1 Å². The van der Waals surface area contributed by atoms with Crippen LogP contribution < -0.4 is 5.32 Å². The van der Waals surface area contributed by atoms with Crippen molar-refractivity contribution in [1.82, 2.24) is 0 Å². The van der Waals surface area contributed by atoms with Crippen LogP contribution in [0.25, 0.3) is 0 Å². The number of halogens is 2. The number of nitro groups is 1. The summed E-state index contributed by atoms with van der Waals surface area (Å²) in [6, 6.07) is 4.67. The van der Waals surface area contributed by atoms with Gasteiger partial charge in [-0.25, -0.2) is 9.18 Å². The molecule has 0 saturated heterocycles. The molecule has 0 bridgehead atoms. The second kappa shape index (κ2) is 8.44. The lowest BCUT2D eigenvalue weighted by Gasteiger charge is -2.05. The zero-order valence-electron chi connectivity index (χ0n) is 12.6. The van der Waals surface area contributed by atoms with Gasteiger partial charge in [-0.3, -0.25) is 10.1 Å². The number of hydrogen-bond acceptors (Lipinski definition) is 6. The van der Waals surface area contributed by atoms with Gasteiger partial charge in [-0.2, -0.15) is 0 Å². The summed E-state index contributed by atoms with van der Waals surface area (Å²) in [4.78, 5) is 21.8. The Morgan fingerprint density at radius 2 is 2.04 bits per heavy atom. The van der Waals surface area contributed by atoms with Crippen LogP contribution in [0.2, 0.25) is 5.02 Å². The minimum absolute atomic E-state index is 0.0548. The Morgan fingerprint density at radius 1 is 1.39 bits per heavy atom. The Hall–Kier alpha value is -2.19. The van der Waals surface area contributed by atoms with E-state index in [-0.39, 0.29) is 26.3 Å². The molecule has 9 heteroatoms. The quantitative estimate of drug-likeness (QED) is 0.471. The smallest absolute Gasteiger partial charge is 0.348 e. The average Bonchev–Trinajstić information content (AvgIpc) is 2.96. The third kappa shape index (κ3) is 4.64. The van der Waals surface area contributed by atoms with E-state index < -0.39 is 16.7 Å². The van der Waals surface area contributed by atoms with Crippen LogP contribution in [0.5, 0.6) is 0 Å². The fraction of sp³-hybridized carbons (Fsp3) is 0.214. The summed E-state index contributed by atoms with van der Waals surface area (Å²) in [5.74, 6) is -1.24. The molecule has 23 heavy (non-hydrogen) atoms. The summed E-state index contributed by atoms with van der Waals surface area (Å²) in [6.07, 6.45) is 0. The number of carbonyl (C=O) groups is 1. The summed E-state index contributed by atoms with van der Waals surface area (Å²) in [5, 5.41) is 13.9. The summed E-state index contributed by atoms with van der Waals surface area (Å²) in [7, 11) is 1.17. The van der Waals surface area contributed by atoms with Gasteiger partial charge in [-0.15, -0.1) is 11.3 Å². The Kier molecular flexibility index (Phi) is 6.92. The van der Waals surface area contributed by atoms with Crippen molar-refractivity contribution in [2.45, 2.75) is 13.8 Å². The first-order valence-corrected chi connectivity index (χ1v) is 7.70. The number of esters is 1. The molecule has 0 radical (unpaired) electrons. The van der Waals surface area contributed by atoms with Crippen LogP contribution in [0.3, 0.4) is 0 Å². The highest BCUT2D eigenvalue weighted by molar-refractivity contribution is 7.18. The summed E-state index contributed by atoms with van der Waals surface area (Å²) >= 11 is 6.71. The molecule has 2 rings (SSSR count). The molecule has 0 amide bonds. The molecule has 0 fully saturated rings. The number of anilines is 2. The van der Waals surface area contributed by atoms with Crippen molar-refractivity contribution in [3.63, 3.8) is 0 Å². The molecule has 0 aliphatic heterocycles. The first-order chi connectivity index (χ1) is 10.9. The normalized spacial score (nSPS) is 9.61. The Labute approximate surface area is 141 Å². The number of rotatable bonds is 4. The molecule has 1 aromatic carbocycles. The van der Waals surface area contributed by atoms with Gasteiger partial charge in [0.05, 0.1) is 22.7 Å². The van der Waals surface area contributed by atoms with Gasteiger partial charge < -0.3 is 10.1 Å². The maximum absolute atomic E-state index is 13.2. The Balaban J connectivity index is 0.00000127. The van der Waals surface area contributed by atoms with Gasteiger partial charge in [0.25, 0.3) is 0 Å². The first-order valence-electron chi connectivity index (χ1n) is 6.51. The van der Waals surface area contributed by atoms with Crippen molar-refractivity contribution < 1.29 is 18.8 Å². The highest BCUT2D eigenvalue weighted by Crippen LogP contribution is 2.38. The maximum atomic E-state index is 13.2. The van der Waals surface area contributed by atoms with Gasteiger partial charge >= 0.3 is 11.7 Å². The Morgan fingerprint density at radius 3 is 2.61 bits per heavy atom. The molecule has 0 saturated carbocycles. The number of hydrogen-bond donors (Lipinski definition) is 1.